The van der Waals surface area contributed by atoms with E-state index in [2.05, 4.69) is 0 Å². The monoisotopic (exact) mass is 326 g/mol. The van der Waals surface area contributed by atoms with Crippen LogP contribution in [0.1, 0.15) is 15.9 Å². The molecule has 94 valence electrons. The summed E-state index contributed by atoms with van der Waals surface area (Å²) in [6.45, 7) is 0. The highest BCUT2D eigenvalue weighted by atomic mass is 35.5. The molecule has 0 saturated heterocycles. The maximum absolute atomic E-state index is 13.1. The molecule has 0 spiro atoms. The molecule has 0 fully saturated rings. The Morgan fingerprint density at radius 2 is 1.61 bits per heavy atom. The van der Waals surface area contributed by atoms with Crippen molar-refractivity contribution in [2.24, 2.45) is 0 Å². The molecule has 1 aromatic carbocycles. The van der Waals surface area contributed by atoms with Crippen LogP contribution in [0.15, 0.2) is 18.2 Å². The van der Waals surface area contributed by atoms with Crippen LogP contribution >= 0.6 is 46.1 Å². The minimum Gasteiger partial charge on any atom is -0.288 e. The van der Waals surface area contributed by atoms with Crippen molar-refractivity contribution in [3.63, 3.8) is 0 Å². The molecule has 18 heavy (non-hydrogen) atoms. The van der Waals surface area contributed by atoms with Crippen molar-refractivity contribution in [3.8, 4) is 0 Å². The Kier molecular flexibility index (Phi) is 3.92. The number of thiophene rings is 1. The van der Waals surface area contributed by atoms with E-state index in [4.69, 9.17) is 34.8 Å². The van der Waals surface area contributed by atoms with Crippen LogP contribution in [0, 0.1) is 11.6 Å². The lowest BCUT2D eigenvalue weighted by Gasteiger charge is -2.03. The molecule has 0 atom stereocenters. The van der Waals surface area contributed by atoms with Crippen LogP contribution in [-0.4, -0.2) is 5.78 Å². The Hall–Kier alpha value is -0.680. The highest BCUT2D eigenvalue weighted by Gasteiger charge is 2.20. The molecule has 0 aliphatic carbocycles. The maximum Gasteiger partial charge on any atom is 0.197 e. The van der Waals surface area contributed by atoms with Crippen LogP contribution in [0.3, 0.4) is 0 Å². The molecule has 1 nitrogen and oxygen atoms in total. The van der Waals surface area contributed by atoms with Crippen molar-refractivity contribution in [1.29, 1.82) is 0 Å². The summed E-state index contributed by atoms with van der Waals surface area (Å²) >= 11 is 18.2. The standard InChI is InChI=1S/C11H3Cl3F2OS/c12-6-3-8(16)7(15)1-4(6)10(17)5-2-9(13)18-11(5)14/h1-3H. The Bertz CT molecular complexity index is 639. The summed E-state index contributed by atoms with van der Waals surface area (Å²) in [6.07, 6.45) is 0. The second kappa shape index (κ2) is 5.13. The lowest BCUT2D eigenvalue weighted by Crippen LogP contribution is -2.03. The van der Waals surface area contributed by atoms with Gasteiger partial charge >= 0.3 is 0 Å². The third kappa shape index (κ3) is 2.52. The Morgan fingerprint density at radius 3 is 2.17 bits per heavy atom. The molecule has 0 aliphatic heterocycles. The Balaban J connectivity index is 2.53. The van der Waals surface area contributed by atoms with Crippen molar-refractivity contribution >= 4 is 51.9 Å². The summed E-state index contributed by atoms with van der Waals surface area (Å²) in [5.74, 6) is -2.88. The van der Waals surface area contributed by atoms with Gasteiger partial charge in [0, 0.05) is 5.56 Å². The third-order valence-electron chi connectivity index (χ3n) is 2.16. The quantitative estimate of drug-likeness (QED) is 0.546. The summed E-state index contributed by atoms with van der Waals surface area (Å²) < 4.78 is 26.5. The highest BCUT2D eigenvalue weighted by molar-refractivity contribution is 7.20. The average Bonchev–Trinajstić information content (AvgIpc) is 2.62. The minimum atomic E-state index is -1.15. The van der Waals surface area contributed by atoms with Gasteiger partial charge in [0.2, 0.25) is 0 Å². The van der Waals surface area contributed by atoms with Crippen molar-refractivity contribution in [2.45, 2.75) is 0 Å². The molecule has 0 amide bonds. The van der Waals surface area contributed by atoms with Crippen LogP contribution in [0.4, 0.5) is 8.78 Å². The summed E-state index contributed by atoms with van der Waals surface area (Å²) in [4.78, 5) is 12.1. The number of halogens is 5. The van der Waals surface area contributed by atoms with E-state index in [0.29, 0.717) is 4.34 Å². The van der Waals surface area contributed by atoms with Crippen molar-refractivity contribution in [2.75, 3.05) is 0 Å². The smallest absolute Gasteiger partial charge is 0.197 e. The van der Waals surface area contributed by atoms with E-state index >= 15 is 0 Å². The molecule has 7 heteroatoms. The van der Waals surface area contributed by atoms with Gasteiger partial charge in [0.05, 0.1) is 14.9 Å². The minimum absolute atomic E-state index is 0.111. The molecule has 0 aliphatic rings. The van der Waals surface area contributed by atoms with Gasteiger partial charge in [-0.05, 0) is 18.2 Å². The third-order valence-corrected chi connectivity index (χ3v) is 3.96. The largest absolute Gasteiger partial charge is 0.288 e. The van der Waals surface area contributed by atoms with Gasteiger partial charge in [0.15, 0.2) is 17.4 Å². The topological polar surface area (TPSA) is 17.1 Å². The van der Waals surface area contributed by atoms with E-state index in [1.165, 1.54) is 6.07 Å². The van der Waals surface area contributed by atoms with Crippen LogP contribution < -0.4 is 0 Å². The zero-order valence-corrected chi connectivity index (χ0v) is 11.5. The molecule has 2 aromatic rings. The normalized spacial score (nSPS) is 10.7. The van der Waals surface area contributed by atoms with Gasteiger partial charge in [-0.15, -0.1) is 11.3 Å². The van der Waals surface area contributed by atoms with Gasteiger partial charge in [-0.25, -0.2) is 8.78 Å². The predicted molar refractivity (Wildman–Crippen MR) is 69.1 cm³/mol. The van der Waals surface area contributed by atoms with E-state index < -0.39 is 17.4 Å². The van der Waals surface area contributed by atoms with Gasteiger partial charge in [0.1, 0.15) is 4.34 Å². The summed E-state index contributed by atoms with van der Waals surface area (Å²) in [5.41, 5.74) is -0.0495. The first-order valence-corrected chi connectivity index (χ1v) is 6.49. The zero-order valence-electron chi connectivity index (χ0n) is 8.44. The summed E-state index contributed by atoms with van der Waals surface area (Å²) in [5, 5.41) is -0.183. The van der Waals surface area contributed by atoms with Crippen LogP contribution in [0.5, 0.6) is 0 Å². The fourth-order valence-corrected chi connectivity index (χ4v) is 3.03. The predicted octanol–water partition coefficient (Wildman–Crippen LogP) is 5.22. The fourth-order valence-electron chi connectivity index (χ4n) is 1.34. The van der Waals surface area contributed by atoms with Crippen molar-refractivity contribution < 1.29 is 13.6 Å². The van der Waals surface area contributed by atoms with Crippen LogP contribution in [0.25, 0.3) is 0 Å². The number of rotatable bonds is 2. The number of carbonyl (C=O) groups is 1. The molecular weight excluding hydrogens is 325 g/mol. The fraction of sp³-hybridized carbons (Fsp3) is 0. The van der Waals surface area contributed by atoms with Gasteiger partial charge in [-0.1, -0.05) is 34.8 Å². The van der Waals surface area contributed by atoms with E-state index in [-0.39, 0.29) is 20.5 Å². The van der Waals surface area contributed by atoms with E-state index in [0.717, 1.165) is 23.5 Å². The number of hydrogen-bond donors (Lipinski definition) is 0. The van der Waals surface area contributed by atoms with Crippen molar-refractivity contribution in [1.82, 2.24) is 0 Å². The van der Waals surface area contributed by atoms with Crippen LogP contribution in [0.2, 0.25) is 13.7 Å². The first-order chi connectivity index (χ1) is 8.40. The van der Waals surface area contributed by atoms with E-state index in [1.807, 2.05) is 0 Å². The first kappa shape index (κ1) is 13.7. The Labute approximate surface area is 120 Å². The molecular formula is C11H3Cl3F2OS. The molecule has 0 radical (unpaired) electrons. The average molecular weight is 328 g/mol. The molecule has 2 rings (SSSR count). The number of benzene rings is 1. The molecule has 0 N–H and O–H groups in total. The van der Waals surface area contributed by atoms with E-state index in [9.17, 15) is 13.6 Å². The van der Waals surface area contributed by atoms with E-state index in [1.54, 1.807) is 0 Å². The summed E-state index contributed by atoms with van der Waals surface area (Å²) in [7, 11) is 0. The lowest BCUT2D eigenvalue weighted by atomic mass is 10.1. The second-order valence-electron chi connectivity index (χ2n) is 3.31. The molecule has 0 saturated carbocycles. The highest BCUT2D eigenvalue weighted by Crippen LogP contribution is 2.34. The molecule has 0 unspecified atom stereocenters. The summed E-state index contributed by atoms with van der Waals surface area (Å²) in [6, 6.07) is 2.84. The number of hydrogen-bond acceptors (Lipinski definition) is 2. The number of carbonyl (C=O) groups excluding carboxylic acids is 1. The number of ketones is 1. The second-order valence-corrected chi connectivity index (χ2v) is 6.01. The SMILES string of the molecule is O=C(c1cc(F)c(F)cc1Cl)c1cc(Cl)sc1Cl. The molecule has 1 heterocycles. The van der Waals surface area contributed by atoms with Gasteiger partial charge in [-0.2, -0.15) is 0 Å². The van der Waals surface area contributed by atoms with Gasteiger partial charge in [0.25, 0.3) is 0 Å². The van der Waals surface area contributed by atoms with Gasteiger partial charge < -0.3 is 0 Å². The zero-order chi connectivity index (χ0) is 13.4. The molecule has 1 aromatic heterocycles. The maximum atomic E-state index is 13.1. The first-order valence-electron chi connectivity index (χ1n) is 4.54. The lowest BCUT2D eigenvalue weighted by molar-refractivity contribution is 0.103. The van der Waals surface area contributed by atoms with Crippen LogP contribution in [-0.2, 0) is 0 Å². The molecule has 0 bridgehead atoms. The van der Waals surface area contributed by atoms with Crippen molar-refractivity contribution in [3.05, 3.63) is 54.7 Å². The van der Waals surface area contributed by atoms with Gasteiger partial charge in [-0.3, -0.25) is 4.79 Å². The Morgan fingerprint density at radius 1 is 1.00 bits per heavy atom.